The highest BCUT2D eigenvalue weighted by molar-refractivity contribution is 7.12. The second kappa shape index (κ2) is 9.01. The first-order chi connectivity index (χ1) is 19.3. The van der Waals surface area contributed by atoms with Gasteiger partial charge in [-0.25, -0.2) is 0 Å². The van der Waals surface area contributed by atoms with E-state index in [0.29, 0.717) is 21.2 Å². The van der Waals surface area contributed by atoms with Crippen LogP contribution < -0.4 is 10.2 Å². The Hall–Kier alpha value is -4.00. The number of aryl methyl sites for hydroxylation is 1. The van der Waals surface area contributed by atoms with Crippen LogP contribution in [0.1, 0.15) is 43.6 Å². The van der Waals surface area contributed by atoms with Crippen molar-refractivity contribution in [1.29, 1.82) is 0 Å². The molecule has 4 aromatic rings. The maximum atomic E-state index is 14.8. The summed E-state index contributed by atoms with van der Waals surface area (Å²) in [5.41, 5.74) is 4.27. The Kier molecular flexibility index (Phi) is 5.63. The number of ketones is 2. The summed E-state index contributed by atoms with van der Waals surface area (Å²) in [4.78, 5) is 46.3. The summed E-state index contributed by atoms with van der Waals surface area (Å²) in [6, 6.07) is 22.6. The number of para-hydroxylation sites is 1. The van der Waals surface area contributed by atoms with Gasteiger partial charge in [0.1, 0.15) is 11.5 Å². The molecule has 40 heavy (non-hydrogen) atoms. The molecule has 3 aliphatic rings. The Bertz CT molecular complexity index is 1760. The SMILES string of the molecule is CC1=CC2N(c3ccc(C)cc31)C(C(=O)c1cccs1)C(C(=O)c1ccccc1Cl)C21C(=O)Nc2ccccc21. The lowest BCUT2D eigenvalue weighted by atomic mass is 9.64. The van der Waals surface area contributed by atoms with Crippen molar-refractivity contribution in [3.05, 3.63) is 122 Å². The van der Waals surface area contributed by atoms with Gasteiger partial charge in [-0.3, -0.25) is 14.4 Å². The van der Waals surface area contributed by atoms with Crippen LogP contribution in [0.15, 0.2) is 90.3 Å². The number of carbonyl (C=O) groups excluding carboxylic acids is 3. The van der Waals surface area contributed by atoms with E-state index in [1.807, 2.05) is 66.6 Å². The predicted molar refractivity (Wildman–Crippen MR) is 160 cm³/mol. The van der Waals surface area contributed by atoms with Crippen LogP contribution >= 0.6 is 22.9 Å². The van der Waals surface area contributed by atoms with E-state index in [1.54, 1.807) is 30.3 Å². The van der Waals surface area contributed by atoms with Crippen LogP contribution in [-0.4, -0.2) is 29.6 Å². The molecule has 3 aromatic carbocycles. The van der Waals surface area contributed by atoms with E-state index in [1.165, 1.54) is 11.3 Å². The molecular formula is C33H25ClN2O3S. The zero-order chi connectivity index (χ0) is 27.8. The van der Waals surface area contributed by atoms with Gasteiger partial charge in [0, 0.05) is 22.5 Å². The van der Waals surface area contributed by atoms with Crippen molar-refractivity contribution in [2.45, 2.75) is 31.3 Å². The third-order valence-corrected chi connectivity index (χ3v) is 9.80. The predicted octanol–water partition coefficient (Wildman–Crippen LogP) is 6.96. The van der Waals surface area contributed by atoms with Crippen molar-refractivity contribution in [3.63, 3.8) is 0 Å². The van der Waals surface area contributed by atoms with Crippen LogP contribution in [0, 0.1) is 12.8 Å². The Morgan fingerprint density at radius 1 is 0.950 bits per heavy atom. The highest BCUT2D eigenvalue weighted by Gasteiger charge is 2.70. The molecule has 5 nitrogen and oxygen atoms in total. The van der Waals surface area contributed by atoms with Gasteiger partial charge in [0.15, 0.2) is 11.6 Å². The van der Waals surface area contributed by atoms with Gasteiger partial charge < -0.3 is 10.2 Å². The normalized spacial score (nSPS) is 24.3. The fourth-order valence-electron chi connectivity index (χ4n) is 6.94. The third kappa shape index (κ3) is 3.30. The molecule has 1 fully saturated rings. The molecule has 198 valence electrons. The van der Waals surface area contributed by atoms with Crippen LogP contribution in [-0.2, 0) is 10.2 Å². The lowest BCUT2D eigenvalue weighted by Crippen LogP contribution is -2.51. The van der Waals surface area contributed by atoms with Crippen molar-refractivity contribution in [1.82, 2.24) is 0 Å². The van der Waals surface area contributed by atoms with Crippen LogP contribution in [0.25, 0.3) is 5.57 Å². The van der Waals surface area contributed by atoms with Gasteiger partial charge >= 0.3 is 0 Å². The number of fused-ring (bicyclic) bond motifs is 6. The van der Waals surface area contributed by atoms with Crippen molar-refractivity contribution >= 4 is 57.4 Å². The van der Waals surface area contributed by atoms with E-state index >= 15 is 0 Å². The fourth-order valence-corrected chi connectivity index (χ4v) is 7.87. The lowest BCUT2D eigenvalue weighted by Gasteiger charge is -2.39. The van der Waals surface area contributed by atoms with Crippen molar-refractivity contribution in [2.75, 3.05) is 10.2 Å². The number of hydrogen-bond acceptors (Lipinski definition) is 5. The number of nitrogens with zero attached hydrogens (tertiary/aromatic N) is 1. The molecule has 1 amide bonds. The van der Waals surface area contributed by atoms with Gasteiger partial charge in [0.2, 0.25) is 5.91 Å². The third-order valence-electron chi connectivity index (χ3n) is 8.59. The summed E-state index contributed by atoms with van der Waals surface area (Å²) < 4.78 is 0. The molecule has 0 aliphatic carbocycles. The monoisotopic (exact) mass is 564 g/mol. The Labute approximate surface area is 241 Å². The van der Waals surface area contributed by atoms with E-state index in [4.69, 9.17) is 11.6 Å². The zero-order valence-electron chi connectivity index (χ0n) is 21.9. The molecule has 3 aliphatic heterocycles. The van der Waals surface area contributed by atoms with E-state index in [9.17, 15) is 14.4 Å². The number of rotatable bonds is 4. The molecule has 1 spiro atoms. The molecule has 1 saturated heterocycles. The highest BCUT2D eigenvalue weighted by atomic mass is 35.5. The maximum Gasteiger partial charge on any atom is 0.238 e. The van der Waals surface area contributed by atoms with E-state index < -0.39 is 23.4 Å². The number of anilines is 2. The smallest absolute Gasteiger partial charge is 0.238 e. The molecular weight excluding hydrogens is 540 g/mol. The molecule has 4 heterocycles. The number of thiophene rings is 1. The topological polar surface area (TPSA) is 66.5 Å². The van der Waals surface area contributed by atoms with Crippen LogP contribution in [0.2, 0.25) is 5.02 Å². The van der Waals surface area contributed by atoms with E-state index in [0.717, 1.165) is 28.0 Å². The minimum Gasteiger partial charge on any atom is -0.352 e. The summed E-state index contributed by atoms with van der Waals surface area (Å²) in [6.07, 6.45) is 2.07. The molecule has 7 rings (SSSR count). The summed E-state index contributed by atoms with van der Waals surface area (Å²) in [7, 11) is 0. The number of nitrogens with one attached hydrogen (secondary N) is 1. The van der Waals surface area contributed by atoms with E-state index in [-0.39, 0.29) is 17.5 Å². The number of carbonyl (C=O) groups is 3. The van der Waals surface area contributed by atoms with Gasteiger partial charge in [-0.2, -0.15) is 0 Å². The number of allylic oxidation sites excluding steroid dienone is 1. The second-order valence-electron chi connectivity index (χ2n) is 10.7. The number of hydrogen-bond donors (Lipinski definition) is 1. The fraction of sp³-hybridized carbons (Fsp3) is 0.182. The lowest BCUT2D eigenvalue weighted by molar-refractivity contribution is -0.121. The number of amides is 1. The average Bonchev–Trinajstić information content (AvgIpc) is 3.66. The van der Waals surface area contributed by atoms with E-state index in [2.05, 4.69) is 17.5 Å². The summed E-state index contributed by atoms with van der Waals surface area (Å²) >= 11 is 7.94. The zero-order valence-corrected chi connectivity index (χ0v) is 23.4. The first-order valence-electron chi connectivity index (χ1n) is 13.2. The van der Waals surface area contributed by atoms with Gasteiger partial charge in [-0.05, 0) is 66.8 Å². The molecule has 4 atom stereocenters. The molecule has 7 heteroatoms. The summed E-state index contributed by atoms with van der Waals surface area (Å²) in [6.45, 7) is 4.06. The number of Topliss-reactive ketones (excluding diaryl/α,β-unsaturated/α-hetero) is 2. The van der Waals surface area contributed by atoms with Crippen LogP contribution in [0.3, 0.4) is 0 Å². The number of benzene rings is 3. The summed E-state index contributed by atoms with van der Waals surface area (Å²) in [5.74, 6) is -1.82. The standard InChI is InChI=1S/C33H25ClN2O3S/c1-18-13-14-25-21(16-18)19(2)17-27-33(22-9-4-6-11-24(22)35-32(33)39)28(30(37)20-8-3-5-10-23(20)34)29(36(25)27)31(38)26-12-7-15-40-26/h3-17,27-29H,1-2H3,(H,35,39). The maximum absolute atomic E-state index is 14.8. The van der Waals surface area contributed by atoms with Crippen LogP contribution in [0.4, 0.5) is 11.4 Å². The Morgan fingerprint density at radius 2 is 1.73 bits per heavy atom. The second-order valence-corrected chi connectivity index (χ2v) is 12.1. The Morgan fingerprint density at radius 3 is 2.50 bits per heavy atom. The highest BCUT2D eigenvalue weighted by Crippen LogP contribution is 2.59. The summed E-state index contributed by atoms with van der Waals surface area (Å²) in [5, 5.41) is 5.22. The minimum absolute atomic E-state index is 0.182. The molecule has 1 N–H and O–H groups in total. The minimum atomic E-state index is -1.35. The van der Waals surface area contributed by atoms with Gasteiger partial charge in [0.05, 0.1) is 21.9 Å². The van der Waals surface area contributed by atoms with Crippen LogP contribution in [0.5, 0.6) is 0 Å². The number of halogens is 1. The van der Waals surface area contributed by atoms with Crippen molar-refractivity contribution < 1.29 is 14.4 Å². The van der Waals surface area contributed by atoms with Crippen molar-refractivity contribution in [3.8, 4) is 0 Å². The largest absolute Gasteiger partial charge is 0.352 e. The molecule has 0 saturated carbocycles. The molecule has 0 radical (unpaired) electrons. The average molecular weight is 565 g/mol. The van der Waals surface area contributed by atoms with Crippen molar-refractivity contribution in [2.24, 2.45) is 5.92 Å². The van der Waals surface area contributed by atoms with Gasteiger partial charge in [-0.1, -0.05) is 65.7 Å². The van der Waals surface area contributed by atoms with Gasteiger partial charge in [0.25, 0.3) is 0 Å². The molecule has 1 aromatic heterocycles. The molecule has 0 bridgehead atoms. The first-order valence-corrected chi connectivity index (χ1v) is 14.4. The quantitative estimate of drug-likeness (QED) is 0.272. The first kappa shape index (κ1) is 25.0. The Balaban J connectivity index is 1.58. The molecule has 4 unspecified atom stereocenters. The van der Waals surface area contributed by atoms with Gasteiger partial charge in [-0.15, -0.1) is 11.3 Å².